The second-order valence-electron chi connectivity index (χ2n) is 5.27. The number of hydrogen-bond acceptors (Lipinski definition) is 3. The van der Waals surface area contributed by atoms with Crippen LogP contribution in [0.2, 0.25) is 5.02 Å². The molecule has 0 aliphatic carbocycles. The molecule has 1 unspecified atom stereocenters. The third-order valence-corrected chi connectivity index (χ3v) is 4.02. The monoisotopic (exact) mass is 298 g/mol. The number of hydrazine groups is 1. The molecule has 0 amide bonds. The predicted molar refractivity (Wildman–Crippen MR) is 86.1 cm³/mol. The third kappa shape index (κ3) is 4.97. The molecule has 0 bridgehead atoms. The van der Waals surface area contributed by atoms with Crippen LogP contribution in [0.1, 0.15) is 45.1 Å². The molecule has 20 heavy (non-hydrogen) atoms. The molecular formula is C16H27ClN2O. The molecule has 0 saturated heterocycles. The molecule has 0 aromatic heterocycles. The predicted octanol–water partition coefficient (Wildman–Crippen LogP) is 3.94. The topological polar surface area (TPSA) is 47.3 Å². The maximum absolute atomic E-state index is 6.10. The molecule has 0 aliphatic heterocycles. The van der Waals surface area contributed by atoms with Crippen molar-refractivity contribution in [1.82, 2.24) is 5.43 Å². The molecule has 0 spiro atoms. The highest BCUT2D eigenvalue weighted by atomic mass is 35.5. The van der Waals surface area contributed by atoms with E-state index in [0.717, 1.165) is 22.8 Å². The molecule has 1 rings (SSSR count). The Morgan fingerprint density at radius 3 is 2.40 bits per heavy atom. The van der Waals surface area contributed by atoms with Gasteiger partial charge in [-0.1, -0.05) is 38.3 Å². The number of nitrogens with one attached hydrogen (secondary N) is 1. The number of hydrogen-bond donors (Lipinski definition) is 2. The molecule has 1 atom stereocenters. The average Bonchev–Trinajstić information content (AvgIpc) is 2.45. The van der Waals surface area contributed by atoms with Crippen molar-refractivity contribution in [1.29, 1.82) is 0 Å². The largest absolute Gasteiger partial charge is 0.496 e. The van der Waals surface area contributed by atoms with Crippen molar-refractivity contribution in [2.45, 2.75) is 52.0 Å². The number of methoxy groups -OCH3 is 1. The Hall–Kier alpha value is -0.770. The zero-order valence-electron chi connectivity index (χ0n) is 12.8. The van der Waals surface area contributed by atoms with Gasteiger partial charge in [-0.2, -0.15) is 0 Å². The van der Waals surface area contributed by atoms with E-state index in [2.05, 4.69) is 19.3 Å². The van der Waals surface area contributed by atoms with Crippen molar-refractivity contribution in [3.05, 3.63) is 28.8 Å². The fourth-order valence-corrected chi connectivity index (χ4v) is 2.99. The maximum Gasteiger partial charge on any atom is 0.122 e. The number of benzene rings is 1. The van der Waals surface area contributed by atoms with Crippen LogP contribution in [0.25, 0.3) is 0 Å². The summed E-state index contributed by atoms with van der Waals surface area (Å²) in [6.45, 7) is 4.44. The summed E-state index contributed by atoms with van der Waals surface area (Å²) in [7, 11) is 1.69. The quantitative estimate of drug-likeness (QED) is 0.536. The van der Waals surface area contributed by atoms with Gasteiger partial charge in [-0.3, -0.25) is 11.3 Å². The summed E-state index contributed by atoms with van der Waals surface area (Å²) < 4.78 is 5.42. The van der Waals surface area contributed by atoms with E-state index in [1.165, 1.54) is 25.7 Å². The summed E-state index contributed by atoms with van der Waals surface area (Å²) in [5, 5.41) is 0.735. The lowest BCUT2D eigenvalue weighted by molar-refractivity contribution is 0.308. The van der Waals surface area contributed by atoms with E-state index < -0.39 is 0 Å². The van der Waals surface area contributed by atoms with Gasteiger partial charge in [0.2, 0.25) is 0 Å². The van der Waals surface area contributed by atoms with Gasteiger partial charge in [0.1, 0.15) is 5.75 Å². The first-order chi connectivity index (χ1) is 9.65. The van der Waals surface area contributed by atoms with Gasteiger partial charge in [0.05, 0.1) is 7.11 Å². The number of rotatable bonds is 9. The lowest BCUT2D eigenvalue weighted by Crippen LogP contribution is -2.42. The van der Waals surface area contributed by atoms with Crippen molar-refractivity contribution in [2.75, 3.05) is 7.11 Å². The van der Waals surface area contributed by atoms with Gasteiger partial charge in [-0.15, -0.1) is 0 Å². The van der Waals surface area contributed by atoms with Crippen LogP contribution in [0, 0.1) is 5.92 Å². The lowest BCUT2D eigenvalue weighted by Gasteiger charge is -2.27. The summed E-state index contributed by atoms with van der Waals surface area (Å²) in [6, 6.07) is 5.99. The van der Waals surface area contributed by atoms with Crippen LogP contribution < -0.4 is 16.0 Å². The van der Waals surface area contributed by atoms with Crippen LogP contribution in [-0.2, 0) is 6.42 Å². The average molecular weight is 299 g/mol. The highest BCUT2D eigenvalue weighted by molar-refractivity contribution is 6.30. The van der Waals surface area contributed by atoms with Gasteiger partial charge in [0.15, 0.2) is 0 Å². The Bertz CT molecular complexity index is 392. The minimum absolute atomic E-state index is 0.252. The van der Waals surface area contributed by atoms with Crippen LogP contribution in [0.15, 0.2) is 18.2 Å². The first-order valence-corrected chi connectivity index (χ1v) is 7.82. The molecular weight excluding hydrogens is 272 g/mol. The Morgan fingerprint density at radius 1 is 1.25 bits per heavy atom. The first-order valence-electron chi connectivity index (χ1n) is 7.44. The highest BCUT2D eigenvalue weighted by Gasteiger charge is 2.21. The van der Waals surface area contributed by atoms with Crippen molar-refractivity contribution < 1.29 is 4.74 Å². The van der Waals surface area contributed by atoms with Crippen molar-refractivity contribution in [2.24, 2.45) is 11.8 Å². The van der Waals surface area contributed by atoms with E-state index in [1.807, 2.05) is 18.2 Å². The summed E-state index contributed by atoms with van der Waals surface area (Å²) in [5.41, 5.74) is 4.10. The fourth-order valence-electron chi connectivity index (χ4n) is 2.79. The van der Waals surface area contributed by atoms with Gasteiger partial charge in [-0.25, -0.2) is 0 Å². The van der Waals surface area contributed by atoms with Crippen LogP contribution in [0.4, 0.5) is 0 Å². The van der Waals surface area contributed by atoms with E-state index in [4.69, 9.17) is 22.2 Å². The second-order valence-corrected chi connectivity index (χ2v) is 5.71. The fraction of sp³-hybridized carbons (Fsp3) is 0.625. The van der Waals surface area contributed by atoms with E-state index in [1.54, 1.807) is 7.11 Å². The van der Waals surface area contributed by atoms with Crippen molar-refractivity contribution >= 4 is 11.6 Å². The van der Waals surface area contributed by atoms with Gasteiger partial charge < -0.3 is 4.74 Å². The van der Waals surface area contributed by atoms with Gasteiger partial charge >= 0.3 is 0 Å². The van der Waals surface area contributed by atoms with Gasteiger partial charge in [0.25, 0.3) is 0 Å². The summed E-state index contributed by atoms with van der Waals surface area (Å²) in [6.07, 6.45) is 5.56. The Morgan fingerprint density at radius 2 is 1.90 bits per heavy atom. The zero-order chi connectivity index (χ0) is 15.0. The number of nitrogens with two attached hydrogens (primary N) is 1. The Kier molecular flexibility index (Phi) is 7.97. The summed E-state index contributed by atoms with van der Waals surface area (Å²) >= 11 is 6.10. The second kappa shape index (κ2) is 9.22. The molecule has 0 radical (unpaired) electrons. The SMILES string of the molecule is CCCC(CCC)C(Cc1cc(Cl)ccc1OC)NN. The van der Waals surface area contributed by atoms with Crippen LogP contribution in [0.5, 0.6) is 5.75 Å². The minimum Gasteiger partial charge on any atom is -0.496 e. The third-order valence-electron chi connectivity index (χ3n) is 3.78. The van der Waals surface area contributed by atoms with Crippen LogP contribution >= 0.6 is 11.6 Å². The number of ether oxygens (including phenoxy) is 1. The lowest BCUT2D eigenvalue weighted by atomic mass is 9.87. The van der Waals surface area contributed by atoms with Gasteiger partial charge in [-0.05, 0) is 48.9 Å². The van der Waals surface area contributed by atoms with Crippen LogP contribution in [0.3, 0.4) is 0 Å². The smallest absolute Gasteiger partial charge is 0.122 e. The van der Waals surface area contributed by atoms with Crippen LogP contribution in [-0.4, -0.2) is 13.2 Å². The molecule has 1 aromatic rings. The summed E-state index contributed by atoms with van der Waals surface area (Å²) in [4.78, 5) is 0. The molecule has 3 N–H and O–H groups in total. The molecule has 0 aliphatic rings. The van der Waals surface area contributed by atoms with E-state index in [-0.39, 0.29) is 6.04 Å². The zero-order valence-corrected chi connectivity index (χ0v) is 13.5. The standard InChI is InChI=1S/C16H27ClN2O/c1-4-6-12(7-5-2)15(19-18)11-13-10-14(17)8-9-16(13)20-3/h8-10,12,15,19H,4-7,11,18H2,1-3H3. The minimum atomic E-state index is 0.252. The molecule has 3 nitrogen and oxygen atoms in total. The van der Waals surface area contributed by atoms with E-state index >= 15 is 0 Å². The van der Waals surface area contributed by atoms with Crippen molar-refractivity contribution in [3.63, 3.8) is 0 Å². The number of halogens is 1. The first kappa shape index (κ1) is 17.3. The highest BCUT2D eigenvalue weighted by Crippen LogP contribution is 2.27. The Balaban J connectivity index is 2.88. The normalized spacial score (nSPS) is 12.7. The van der Waals surface area contributed by atoms with Gasteiger partial charge in [0, 0.05) is 11.1 Å². The summed E-state index contributed by atoms with van der Waals surface area (Å²) in [5.74, 6) is 7.25. The molecule has 1 aromatic carbocycles. The molecule has 0 fully saturated rings. The van der Waals surface area contributed by atoms with E-state index in [9.17, 15) is 0 Å². The molecule has 0 heterocycles. The molecule has 0 saturated carbocycles. The molecule has 114 valence electrons. The maximum atomic E-state index is 6.10. The Labute approximate surface area is 127 Å². The van der Waals surface area contributed by atoms with Crippen molar-refractivity contribution in [3.8, 4) is 5.75 Å². The van der Waals surface area contributed by atoms with E-state index in [0.29, 0.717) is 5.92 Å². The molecule has 4 heteroatoms.